The normalized spacial score (nSPS) is 20.6. The highest BCUT2D eigenvalue weighted by molar-refractivity contribution is 7.92. The van der Waals surface area contributed by atoms with Gasteiger partial charge in [-0.15, -0.1) is 0 Å². The van der Waals surface area contributed by atoms with Crippen LogP contribution in [0.1, 0.15) is 50.4 Å². The molecule has 0 saturated heterocycles. The van der Waals surface area contributed by atoms with Crippen molar-refractivity contribution in [2.75, 3.05) is 38.1 Å². The highest BCUT2D eigenvalue weighted by atomic mass is 32.2. The summed E-state index contributed by atoms with van der Waals surface area (Å²) < 4.78 is 95.8. The fourth-order valence-corrected chi connectivity index (χ4v) is 7.65. The van der Waals surface area contributed by atoms with Crippen LogP contribution in [-0.2, 0) is 24.8 Å². The number of hydrogen-bond acceptors (Lipinski definition) is 8. The number of halogens is 2. The van der Waals surface area contributed by atoms with Crippen molar-refractivity contribution < 1.29 is 45.0 Å². The maximum Gasteiger partial charge on any atom is 0.261 e. The SMILES string of the molecule is C[C@H]1CCCCO[C@H](CN(C)S(=O)(=O)c2ccc(F)cc2)[C@@H](C)CN([C@@H](C)CO)C(=O)c2cc(NS(=O)(=O)c3ccc(F)cc3)ccc2O1. The van der Waals surface area contributed by atoms with E-state index >= 15 is 0 Å². The number of aliphatic hydroxyl groups excluding tert-OH is 1. The molecule has 3 aromatic carbocycles. The molecule has 0 radical (unpaired) electrons. The van der Waals surface area contributed by atoms with Gasteiger partial charge in [-0.2, -0.15) is 4.31 Å². The second-order valence-corrected chi connectivity index (χ2v) is 16.0. The fraction of sp³-hybridized carbons (Fsp3) is 0.441. The summed E-state index contributed by atoms with van der Waals surface area (Å²) in [5, 5.41) is 10.2. The molecule has 3 aromatic rings. The third-order valence-corrected chi connectivity index (χ3v) is 11.6. The van der Waals surface area contributed by atoms with Crippen LogP contribution in [0, 0.1) is 17.6 Å². The number of likely N-dealkylation sites (N-methyl/N-ethyl adjacent to an activating group) is 1. The molecule has 0 saturated carbocycles. The summed E-state index contributed by atoms with van der Waals surface area (Å²) in [7, 11) is -6.73. The van der Waals surface area contributed by atoms with Crippen molar-refractivity contribution in [2.45, 2.75) is 68.1 Å². The average Bonchev–Trinajstić information content (AvgIpc) is 3.06. The maximum atomic E-state index is 14.3. The lowest BCUT2D eigenvalue weighted by molar-refractivity contribution is -0.00834. The lowest BCUT2D eigenvalue weighted by Gasteiger charge is -2.35. The number of hydrogen-bond donors (Lipinski definition) is 2. The lowest BCUT2D eigenvalue weighted by Crippen LogP contribution is -2.48. The van der Waals surface area contributed by atoms with E-state index in [1.54, 1.807) is 6.92 Å². The zero-order chi connectivity index (χ0) is 35.9. The molecule has 0 bridgehead atoms. The first-order chi connectivity index (χ1) is 23.1. The van der Waals surface area contributed by atoms with E-state index in [0.29, 0.717) is 25.9 Å². The number of nitrogens with one attached hydrogen (secondary N) is 1. The molecule has 1 heterocycles. The van der Waals surface area contributed by atoms with E-state index in [-0.39, 0.29) is 46.0 Å². The average molecular weight is 724 g/mol. The monoisotopic (exact) mass is 723 g/mol. The maximum absolute atomic E-state index is 14.3. The van der Waals surface area contributed by atoms with Crippen molar-refractivity contribution in [3.05, 3.63) is 83.9 Å². The zero-order valence-electron chi connectivity index (χ0n) is 27.9. The molecule has 1 aliphatic rings. The van der Waals surface area contributed by atoms with Crippen LogP contribution in [0.15, 0.2) is 76.5 Å². The van der Waals surface area contributed by atoms with Crippen LogP contribution in [-0.4, -0.2) is 88.7 Å². The van der Waals surface area contributed by atoms with Crippen molar-refractivity contribution in [2.24, 2.45) is 5.92 Å². The van der Waals surface area contributed by atoms with Crippen molar-refractivity contribution in [3.8, 4) is 5.75 Å². The number of aliphatic hydroxyl groups is 1. The van der Waals surface area contributed by atoms with Crippen molar-refractivity contribution in [3.63, 3.8) is 0 Å². The third-order valence-electron chi connectivity index (χ3n) is 8.39. The van der Waals surface area contributed by atoms with Crippen molar-refractivity contribution in [1.82, 2.24) is 9.21 Å². The molecule has 0 fully saturated rings. The molecular formula is C34H43F2N3O8S2. The van der Waals surface area contributed by atoms with Gasteiger partial charge < -0.3 is 19.5 Å². The zero-order valence-corrected chi connectivity index (χ0v) is 29.5. The Morgan fingerprint density at radius 3 is 2.18 bits per heavy atom. The smallest absolute Gasteiger partial charge is 0.261 e. The largest absolute Gasteiger partial charge is 0.490 e. The van der Waals surface area contributed by atoms with E-state index in [1.165, 1.54) is 42.3 Å². The summed E-state index contributed by atoms with van der Waals surface area (Å²) in [5.41, 5.74) is 0.108. The number of sulfonamides is 2. The number of benzene rings is 3. The molecule has 0 spiro atoms. The Kier molecular flexibility index (Phi) is 12.8. The minimum Gasteiger partial charge on any atom is -0.490 e. The van der Waals surface area contributed by atoms with Crippen molar-refractivity contribution in [1.29, 1.82) is 0 Å². The van der Waals surface area contributed by atoms with Crippen LogP contribution < -0.4 is 9.46 Å². The van der Waals surface area contributed by atoms with Gasteiger partial charge in [-0.25, -0.2) is 25.6 Å². The number of rotatable bonds is 9. The topological polar surface area (TPSA) is 143 Å². The van der Waals surface area contributed by atoms with E-state index in [9.17, 15) is 35.5 Å². The van der Waals surface area contributed by atoms with Crippen LogP contribution in [0.3, 0.4) is 0 Å². The van der Waals surface area contributed by atoms with E-state index in [2.05, 4.69) is 4.72 Å². The quantitative estimate of drug-likeness (QED) is 0.318. The van der Waals surface area contributed by atoms with E-state index in [4.69, 9.17) is 9.47 Å². The Morgan fingerprint density at radius 1 is 0.959 bits per heavy atom. The summed E-state index contributed by atoms with van der Waals surface area (Å²) in [5.74, 6) is -1.94. The van der Waals surface area contributed by atoms with E-state index in [1.807, 2.05) is 13.8 Å². The molecule has 4 atom stereocenters. The Balaban J connectivity index is 1.67. The number of amides is 1. The molecule has 1 amide bonds. The summed E-state index contributed by atoms with van der Waals surface area (Å²) >= 11 is 0. The Bertz CT molecular complexity index is 1790. The van der Waals surface area contributed by atoms with E-state index in [0.717, 1.165) is 40.7 Å². The van der Waals surface area contributed by atoms with Gasteiger partial charge in [-0.1, -0.05) is 6.92 Å². The van der Waals surface area contributed by atoms with Crippen molar-refractivity contribution >= 4 is 31.6 Å². The number of carbonyl (C=O) groups is 1. The van der Waals surface area contributed by atoms with Gasteiger partial charge in [-0.05, 0) is 99.8 Å². The van der Waals surface area contributed by atoms with Crippen LogP contribution in [0.4, 0.5) is 14.5 Å². The predicted octanol–water partition coefficient (Wildman–Crippen LogP) is 4.88. The first-order valence-corrected chi connectivity index (χ1v) is 18.9. The molecule has 0 unspecified atom stereocenters. The summed E-state index contributed by atoms with van der Waals surface area (Å²) in [6.07, 6.45) is 0.954. The number of fused-ring (bicyclic) bond motifs is 1. The Labute approximate surface area is 286 Å². The number of anilines is 1. The molecule has 268 valence electrons. The van der Waals surface area contributed by atoms with E-state index < -0.39 is 62.3 Å². The highest BCUT2D eigenvalue weighted by Crippen LogP contribution is 2.30. The second kappa shape index (κ2) is 16.4. The van der Waals surface area contributed by atoms with Gasteiger partial charge in [0.25, 0.3) is 15.9 Å². The molecule has 4 rings (SSSR count). The van der Waals surface area contributed by atoms with Gasteiger partial charge in [0.2, 0.25) is 10.0 Å². The summed E-state index contributed by atoms with van der Waals surface area (Å²) in [6.45, 7) is 5.21. The fourth-order valence-electron chi connectivity index (χ4n) is 5.41. The molecule has 2 N–H and O–H groups in total. The molecule has 15 heteroatoms. The molecule has 0 aliphatic carbocycles. The first kappa shape index (κ1) is 38.2. The molecule has 49 heavy (non-hydrogen) atoms. The first-order valence-electron chi connectivity index (χ1n) is 16.0. The highest BCUT2D eigenvalue weighted by Gasteiger charge is 2.32. The van der Waals surface area contributed by atoms with Gasteiger partial charge in [-0.3, -0.25) is 9.52 Å². The minimum absolute atomic E-state index is 0.0379. The molecule has 0 aromatic heterocycles. The molecule has 1 aliphatic heterocycles. The van der Waals surface area contributed by atoms with Gasteiger partial charge in [0.15, 0.2) is 0 Å². The standard InChI is InChI=1S/C34H43F2N3O8S2/c1-23-20-39(24(2)22-40)34(41)31-19-28(37-48(42,43)29-13-8-26(35)9-14-29)12-17-32(31)47-25(3)7-5-6-18-46-33(23)21-38(4)49(44,45)30-15-10-27(36)11-16-30/h8-17,19,23-25,33,37,40H,5-7,18,20-22H2,1-4H3/t23-,24-,25-,33+/m0/s1. The Hall–Kier alpha value is -3.63. The summed E-state index contributed by atoms with van der Waals surface area (Å²) in [4.78, 5) is 15.5. The number of ether oxygens (including phenoxy) is 2. The van der Waals surface area contributed by atoms with Gasteiger partial charge >= 0.3 is 0 Å². The van der Waals surface area contributed by atoms with Crippen LogP contribution in [0.25, 0.3) is 0 Å². The van der Waals surface area contributed by atoms with Crippen LogP contribution in [0.5, 0.6) is 5.75 Å². The van der Waals surface area contributed by atoms with Gasteiger partial charge in [0.05, 0.1) is 40.2 Å². The minimum atomic E-state index is -4.14. The predicted molar refractivity (Wildman–Crippen MR) is 180 cm³/mol. The molecule has 11 nitrogen and oxygen atoms in total. The van der Waals surface area contributed by atoms with Gasteiger partial charge in [0.1, 0.15) is 17.4 Å². The molecular weight excluding hydrogens is 681 g/mol. The number of nitrogens with zero attached hydrogens (tertiary/aromatic N) is 2. The third kappa shape index (κ3) is 9.75. The van der Waals surface area contributed by atoms with Crippen LogP contribution >= 0.6 is 0 Å². The lowest BCUT2D eigenvalue weighted by atomic mass is 10.0. The summed E-state index contributed by atoms with van der Waals surface area (Å²) in [6, 6.07) is 12.5. The second-order valence-electron chi connectivity index (χ2n) is 12.3. The van der Waals surface area contributed by atoms with Crippen LogP contribution in [0.2, 0.25) is 0 Å². The number of carbonyl (C=O) groups excluding carboxylic acids is 1. The Morgan fingerprint density at radius 2 is 1.57 bits per heavy atom. The van der Waals surface area contributed by atoms with Gasteiger partial charge in [0, 0.05) is 38.3 Å².